The number of hydrogen-bond donors (Lipinski definition) is 3. The molecule has 1 aromatic heterocycles. The van der Waals surface area contributed by atoms with E-state index >= 15 is 0 Å². The van der Waals surface area contributed by atoms with Gasteiger partial charge in [-0.2, -0.15) is 5.10 Å². The SMILES string of the molecule is O=C(Nc1ccccc1O)c1cn[nH]c1-c1ccc(Cl)cc1. The average molecular weight is 314 g/mol. The Hall–Kier alpha value is -2.79. The third-order valence-corrected chi connectivity index (χ3v) is 3.42. The Morgan fingerprint density at radius 3 is 2.59 bits per heavy atom. The number of para-hydroxylation sites is 2. The molecule has 1 heterocycles. The van der Waals surface area contributed by atoms with Crippen LogP contribution in [0, 0.1) is 0 Å². The van der Waals surface area contributed by atoms with E-state index in [0.29, 0.717) is 22.0 Å². The van der Waals surface area contributed by atoms with E-state index in [1.807, 2.05) is 0 Å². The van der Waals surface area contributed by atoms with Gasteiger partial charge < -0.3 is 10.4 Å². The zero-order valence-electron chi connectivity index (χ0n) is 11.4. The molecular weight excluding hydrogens is 302 g/mol. The third kappa shape index (κ3) is 2.80. The summed E-state index contributed by atoms with van der Waals surface area (Å²) in [5.41, 5.74) is 2.11. The molecule has 2 aromatic carbocycles. The predicted octanol–water partition coefficient (Wildman–Crippen LogP) is 3.69. The van der Waals surface area contributed by atoms with Gasteiger partial charge in [-0.25, -0.2) is 0 Å². The number of phenols is 1. The summed E-state index contributed by atoms with van der Waals surface area (Å²) in [6, 6.07) is 13.6. The van der Waals surface area contributed by atoms with Crippen LogP contribution in [-0.2, 0) is 0 Å². The summed E-state index contributed by atoms with van der Waals surface area (Å²) in [6.07, 6.45) is 1.44. The van der Waals surface area contributed by atoms with Crippen LogP contribution in [0.2, 0.25) is 5.02 Å². The van der Waals surface area contributed by atoms with Gasteiger partial charge >= 0.3 is 0 Å². The van der Waals surface area contributed by atoms with Crippen molar-refractivity contribution in [1.29, 1.82) is 0 Å². The highest BCUT2D eigenvalue weighted by atomic mass is 35.5. The molecule has 5 nitrogen and oxygen atoms in total. The molecule has 1 amide bonds. The topological polar surface area (TPSA) is 78.0 Å². The number of nitrogens with one attached hydrogen (secondary N) is 2. The van der Waals surface area contributed by atoms with Crippen molar-refractivity contribution in [1.82, 2.24) is 10.2 Å². The van der Waals surface area contributed by atoms with Crippen LogP contribution in [0.25, 0.3) is 11.3 Å². The van der Waals surface area contributed by atoms with Gasteiger partial charge in [-0.3, -0.25) is 9.89 Å². The molecule has 0 spiro atoms. The minimum absolute atomic E-state index is 0.00684. The zero-order valence-corrected chi connectivity index (χ0v) is 12.1. The molecule has 3 N–H and O–H groups in total. The number of anilines is 1. The number of aromatic hydroxyl groups is 1. The quantitative estimate of drug-likeness (QED) is 0.645. The molecule has 0 saturated carbocycles. The molecule has 3 rings (SSSR count). The molecule has 6 heteroatoms. The van der Waals surface area contributed by atoms with Gasteiger partial charge in [0.2, 0.25) is 0 Å². The van der Waals surface area contributed by atoms with E-state index in [4.69, 9.17) is 11.6 Å². The molecule has 0 atom stereocenters. The fraction of sp³-hybridized carbons (Fsp3) is 0. The lowest BCUT2D eigenvalue weighted by atomic mass is 10.1. The first kappa shape index (κ1) is 14.2. The van der Waals surface area contributed by atoms with Crippen molar-refractivity contribution in [2.24, 2.45) is 0 Å². The number of halogens is 1. The van der Waals surface area contributed by atoms with Gasteiger partial charge in [-0.1, -0.05) is 35.9 Å². The van der Waals surface area contributed by atoms with Crippen molar-refractivity contribution in [3.63, 3.8) is 0 Å². The molecule has 0 aliphatic carbocycles. The largest absolute Gasteiger partial charge is 0.506 e. The van der Waals surface area contributed by atoms with Gasteiger partial charge in [0.15, 0.2) is 0 Å². The fourth-order valence-corrected chi connectivity index (χ4v) is 2.19. The summed E-state index contributed by atoms with van der Waals surface area (Å²) in [4.78, 5) is 12.4. The van der Waals surface area contributed by atoms with E-state index in [0.717, 1.165) is 5.56 Å². The van der Waals surface area contributed by atoms with E-state index in [-0.39, 0.29) is 11.7 Å². The molecule has 0 bridgehead atoms. The molecule has 0 fully saturated rings. The number of carbonyl (C=O) groups is 1. The lowest BCUT2D eigenvalue weighted by Gasteiger charge is -2.07. The van der Waals surface area contributed by atoms with Gasteiger partial charge in [0.1, 0.15) is 5.75 Å². The Morgan fingerprint density at radius 1 is 1.14 bits per heavy atom. The van der Waals surface area contributed by atoms with Crippen LogP contribution in [0.5, 0.6) is 5.75 Å². The van der Waals surface area contributed by atoms with E-state index in [1.165, 1.54) is 12.3 Å². The number of carbonyl (C=O) groups excluding carboxylic acids is 1. The first-order valence-corrected chi connectivity index (χ1v) is 6.91. The van der Waals surface area contributed by atoms with Crippen LogP contribution < -0.4 is 5.32 Å². The minimum atomic E-state index is -0.361. The highest BCUT2D eigenvalue weighted by Gasteiger charge is 2.16. The van der Waals surface area contributed by atoms with Crippen molar-refractivity contribution < 1.29 is 9.90 Å². The van der Waals surface area contributed by atoms with Gasteiger partial charge in [-0.05, 0) is 24.3 Å². The second-order valence-electron chi connectivity index (χ2n) is 4.64. The van der Waals surface area contributed by atoms with Crippen molar-refractivity contribution in [3.8, 4) is 17.0 Å². The van der Waals surface area contributed by atoms with Crippen molar-refractivity contribution >= 4 is 23.2 Å². The Bertz CT molecular complexity index is 812. The lowest BCUT2D eigenvalue weighted by molar-refractivity contribution is 0.102. The van der Waals surface area contributed by atoms with Crippen LogP contribution in [-0.4, -0.2) is 21.2 Å². The van der Waals surface area contributed by atoms with E-state index < -0.39 is 0 Å². The Labute approximate surface area is 131 Å². The molecule has 22 heavy (non-hydrogen) atoms. The van der Waals surface area contributed by atoms with Crippen molar-refractivity contribution in [2.45, 2.75) is 0 Å². The van der Waals surface area contributed by atoms with E-state index in [2.05, 4.69) is 15.5 Å². The van der Waals surface area contributed by atoms with Gasteiger partial charge in [0.05, 0.1) is 23.1 Å². The number of benzene rings is 2. The van der Waals surface area contributed by atoms with Gasteiger partial charge in [-0.15, -0.1) is 0 Å². The zero-order chi connectivity index (χ0) is 15.5. The number of H-pyrrole nitrogens is 1. The number of phenolic OH excluding ortho intramolecular Hbond substituents is 1. The van der Waals surface area contributed by atoms with Crippen molar-refractivity contribution in [3.05, 3.63) is 65.3 Å². The summed E-state index contributed by atoms with van der Waals surface area (Å²) < 4.78 is 0. The highest BCUT2D eigenvalue weighted by molar-refractivity contribution is 6.30. The summed E-state index contributed by atoms with van der Waals surface area (Å²) >= 11 is 5.87. The molecule has 110 valence electrons. The molecule has 0 radical (unpaired) electrons. The normalized spacial score (nSPS) is 10.4. The smallest absolute Gasteiger partial charge is 0.259 e. The van der Waals surface area contributed by atoms with Crippen LogP contribution >= 0.6 is 11.6 Å². The maximum atomic E-state index is 12.4. The standard InChI is InChI=1S/C16H12ClN3O2/c17-11-7-5-10(6-8-11)15-12(9-18-20-15)16(22)19-13-3-1-2-4-14(13)21/h1-9,21H,(H,18,20)(H,19,22). The van der Waals surface area contributed by atoms with Gasteiger partial charge in [0, 0.05) is 10.6 Å². The fourth-order valence-electron chi connectivity index (χ4n) is 2.06. The van der Waals surface area contributed by atoms with Crippen LogP contribution in [0.3, 0.4) is 0 Å². The van der Waals surface area contributed by atoms with Gasteiger partial charge in [0.25, 0.3) is 5.91 Å². The maximum absolute atomic E-state index is 12.4. The van der Waals surface area contributed by atoms with Crippen LogP contribution in [0.15, 0.2) is 54.7 Å². The minimum Gasteiger partial charge on any atom is -0.506 e. The second-order valence-corrected chi connectivity index (χ2v) is 5.07. The first-order chi connectivity index (χ1) is 10.6. The van der Waals surface area contributed by atoms with Crippen LogP contribution in [0.4, 0.5) is 5.69 Å². The van der Waals surface area contributed by atoms with E-state index in [1.54, 1.807) is 42.5 Å². The molecule has 0 aliphatic heterocycles. The third-order valence-electron chi connectivity index (χ3n) is 3.17. The molecule has 0 aliphatic rings. The molecule has 0 unspecified atom stereocenters. The number of nitrogens with zero attached hydrogens (tertiary/aromatic N) is 1. The van der Waals surface area contributed by atoms with Crippen molar-refractivity contribution in [2.75, 3.05) is 5.32 Å². The molecule has 3 aromatic rings. The summed E-state index contributed by atoms with van der Waals surface area (Å²) in [6.45, 7) is 0. The number of hydrogen-bond acceptors (Lipinski definition) is 3. The van der Waals surface area contributed by atoms with E-state index in [9.17, 15) is 9.90 Å². The number of rotatable bonds is 3. The number of amides is 1. The highest BCUT2D eigenvalue weighted by Crippen LogP contribution is 2.26. The number of aromatic nitrogens is 2. The summed E-state index contributed by atoms with van der Waals surface area (Å²) in [5, 5.41) is 19.7. The molecular formula is C16H12ClN3O2. The Kier molecular flexibility index (Phi) is 3.80. The Balaban J connectivity index is 1.90. The Morgan fingerprint density at radius 2 is 1.86 bits per heavy atom. The first-order valence-electron chi connectivity index (χ1n) is 6.54. The maximum Gasteiger partial charge on any atom is 0.259 e. The monoisotopic (exact) mass is 313 g/mol. The van der Waals surface area contributed by atoms with Crippen LogP contribution in [0.1, 0.15) is 10.4 Å². The summed E-state index contributed by atoms with van der Waals surface area (Å²) in [5.74, 6) is -0.354. The summed E-state index contributed by atoms with van der Waals surface area (Å²) in [7, 11) is 0. The second kappa shape index (κ2) is 5.91. The average Bonchev–Trinajstić information content (AvgIpc) is 3.00. The predicted molar refractivity (Wildman–Crippen MR) is 85.1 cm³/mol. The molecule has 0 saturated heterocycles. The lowest BCUT2D eigenvalue weighted by Crippen LogP contribution is -2.12. The number of aromatic amines is 1.